The maximum atomic E-state index is 6.24. The second-order valence-electron chi connectivity index (χ2n) is 4.51. The van der Waals surface area contributed by atoms with Crippen LogP contribution >= 0.6 is 15.9 Å². The molecule has 1 heterocycles. The molecule has 1 aromatic heterocycles. The van der Waals surface area contributed by atoms with Gasteiger partial charge in [-0.2, -0.15) is 0 Å². The first-order valence-electron chi connectivity index (χ1n) is 5.70. The van der Waals surface area contributed by atoms with Gasteiger partial charge < -0.3 is 10.2 Å². The average molecular weight is 272 g/mol. The number of hydrogen-bond acceptors (Lipinski definition) is 2. The van der Waals surface area contributed by atoms with Crippen LogP contribution in [-0.2, 0) is 0 Å². The zero-order valence-electron chi connectivity index (χ0n) is 9.08. The van der Waals surface area contributed by atoms with Crippen LogP contribution in [0.2, 0.25) is 0 Å². The summed E-state index contributed by atoms with van der Waals surface area (Å²) in [6, 6.07) is 1.98. The minimum Gasteiger partial charge on any atom is -0.466 e. The lowest BCUT2D eigenvalue weighted by Crippen LogP contribution is -2.19. The Morgan fingerprint density at radius 3 is 2.93 bits per heavy atom. The van der Waals surface area contributed by atoms with Crippen LogP contribution in [0.3, 0.4) is 0 Å². The predicted octanol–water partition coefficient (Wildman–Crippen LogP) is 3.87. The van der Waals surface area contributed by atoms with Crippen LogP contribution in [0, 0.1) is 11.8 Å². The lowest BCUT2D eigenvalue weighted by molar-refractivity contribution is 0.356. The molecule has 0 radical (unpaired) electrons. The van der Waals surface area contributed by atoms with Crippen molar-refractivity contribution in [3.63, 3.8) is 0 Å². The zero-order valence-corrected chi connectivity index (χ0v) is 10.7. The first kappa shape index (κ1) is 11.2. The lowest BCUT2D eigenvalue weighted by atomic mass is 9.95. The number of rotatable bonds is 3. The van der Waals surface area contributed by atoms with Gasteiger partial charge >= 0.3 is 0 Å². The van der Waals surface area contributed by atoms with E-state index in [1.165, 1.54) is 25.7 Å². The fraction of sp³-hybridized carbons (Fsp3) is 0.667. The lowest BCUT2D eigenvalue weighted by Gasteiger charge is -2.17. The van der Waals surface area contributed by atoms with Crippen LogP contribution in [0.25, 0.3) is 0 Å². The minimum absolute atomic E-state index is 0.0610. The highest BCUT2D eigenvalue weighted by molar-refractivity contribution is 9.10. The monoisotopic (exact) mass is 271 g/mol. The van der Waals surface area contributed by atoms with Crippen molar-refractivity contribution in [3.05, 3.63) is 22.6 Å². The van der Waals surface area contributed by atoms with Crippen molar-refractivity contribution in [2.45, 2.75) is 38.6 Å². The van der Waals surface area contributed by atoms with Crippen molar-refractivity contribution >= 4 is 15.9 Å². The van der Waals surface area contributed by atoms with E-state index in [-0.39, 0.29) is 6.04 Å². The normalized spacial score (nSPS) is 28.2. The van der Waals surface area contributed by atoms with Crippen molar-refractivity contribution in [3.8, 4) is 0 Å². The Kier molecular flexibility index (Phi) is 3.52. The van der Waals surface area contributed by atoms with E-state index >= 15 is 0 Å². The van der Waals surface area contributed by atoms with E-state index < -0.39 is 0 Å². The molecule has 0 aromatic carbocycles. The van der Waals surface area contributed by atoms with Crippen molar-refractivity contribution < 1.29 is 4.42 Å². The third-order valence-electron chi connectivity index (χ3n) is 3.61. The SMILES string of the molecule is CCC1CCC(C(N)c2occc2Br)C1. The second-order valence-corrected chi connectivity index (χ2v) is 5.36. The van der Waals surface area contributed by atoms with Crippen molar-refractivity contribution in [1.29, 1.82) is 0 Å². The Bertz CT molecular complexity index is 323. The number of furan rings is 1. The number of halogens is 1. The first-order valence-corrected chi connectivity index (χ1v) is 6.50. The highest BCUT2D eigenvalue weighted by Crippen LogP contribution is 2.40. The molecule has 84 valence electrons. The van der Waals surface area contributed by atoms with Gasteiger partial charge in [0.25, 0.3) is 0 Å². The Labute approximate surface area is 99.3 Å². The van der Waals surface area contributed by atoms with Crippen LogP contribution < -0.4 is 5.73 Å². The van der Waals surface area contributed by atoms with Gasteiger partial charge in [-0.1, -0.05) is 19.8 Å². The molecule has 2 N–H and O–H groups in total. The standard InChI is InChI=1S/C12H18BrNO/c1-2-8-3-4-9(7-8)11(14)12-10(13)5-6-15-12/h5-6,8-9,11H,2-4,7,14H2,1H3. The van der Waals surface area contributed by atoms with Crippen LogP contribution in [0.15, 0.2) is 21.2 Å². The quantitative estimate of drug-likeness (QED) is 0.907. The summed E-state index contributed by atoms with van der Waals surface area (Å²) in [4.78, 5) is 0. The van der Waals surface area contributed by atoms with E-state index in [0.29, 0.717) is 5.92 Å². The molecule has 1 aliphatic carbocycles. The molecule has 0 aliphatic heterocycles. The summed E-state index contributed by atoms with van der Waals surface area (Å²) in [6.07, 6.45) is 6.80. The third-order valence-corrected chi connectivity index (χ3v) is 4.27. The van der Waals surface area contributed by atoms with Gasteiger partial charge in [0.15, 0.2) is 0 Å². The van der Waals surface area contributed by atoms with E-state index in [9.17, 15) is 0 Å². The summed E-state index contributed by atoms with van der Waals surface area (Å²) in [5.41, 5.74) is 6.24. The summed E-state index contributed by atoms with van der Waals surface area (Å²) < 4.78 is 6.44. The smallest absolute Gasteiger partial charge is 0.134 e. The fourth-order valence-corrected chi connectivity index (χ4v) is 3.03. The maximum Gasteiger partial charge on any atom is 0.134 e. The van der Waals surface area contributed by atoms with Crippen molar-refractivity contribution in [2.24, 2.45) is 17.6 Å². The largest absolute Gasteiger partial charge is 0.466 e. The molecule has 1 aromatic rings. The molecule has 0 saturated heterocycles. The molecule has 0 spiro atoms. The summed E-state index contributed by atoms with van der Waals surface area (Å²) >= 11 is 3.47. The molecule has 3 unspecified atom stereocenters. The zero-order chi connectivity index (χ0) is 10.8. The Hall–Kier alpha value is -0.280. The Morgan fingerprint density at radius 1 is 1.60 bits per heavy atom. The fourth-order valence-electron chi connectivity index (χ4n) is 2.57. The highest BCUT2D eigenvalue weighted by Gasteiger charge is 2.31. The van der Waals surface area contributed by atoms with Gasteiger partial charge in [-0.05, 0) is 46.7 Å². The average Bonchev–Trinajstić information content (AvgIpc) is 2.84. The molecule has 1 aliphatic rings. The van der Waals surface area contributed by atoms with E-state index in [1.807, 2.05) is 6.07 Å². The van der Waals surface area contributed by atoms with Gasteiger partial charge in [-0.15, -0.1) is 0 Å². The van der Waals surface area contributed by atoms with Gasteiger partial charge in [0, 0.05) is 0 Å². The molecule has 1 fully saturated rings. The number of hydrogen-bond donors (Lipinski definition) is 1. The summed E-state index contributed by atoms with van der Waals surface area (Å²) in [6.45, 7) is 2.27. The van der Waals surface area contributed by atoms with Crippen LogP contribution in [0.1, 0.15) is 44.4 Å². The molecule has 3 heteroatoms. The first-order chi connectivity index (χ1) is 7.22. The molecule has 2 rings (SSSR count). The maximum absolute atomic E-state index is 6.24. The van der Waals surface area contributed by atoms with Gasteiger partial charge in [-0.3, -0.25) is 0 Å². The molecular weight excluding hydrogens is 254 g/mol. The minimum atomic E-state index is 0.0610. The van der Waals surface area contributed by atoms with E-state index in [0.717, 1.165) is 16.2 Å². The van der Waals surface area contributed by atoms with Crippen LogP contribution in [-0.4, -0.2) is 0 Å². The van der Waals surface area contributed by atoms with Gasteiger partial charge in [0.2, 0.25) is 0 Å². The third kappa shape index (κ3) is 2.28. The molecule has 3 atom stereocenters. The topological polar surface area (TPSA) is 39.2 Å². The van der Waals surface area contributed by atoms with Crippen LogP contribution in [0.5, 0.6) is 0 Å². The van der Waals surface area contributed by atoms with E-state index in [4.69, 9.17) is 10.2 Å². The molecule has 1 saturated carbocycles. The van der Waals surface area contributed by atoms with E-state index in [1.54, 1.807) is 6.26 Å². The van der Waals surface area contributed by atoms with Gasteiger partial charge in [0.1, 0.15) is 5.76 Å². The van der Waals surface area contributed by atoms with Crippen molar-refractivity contribution in [1.82, 2.24) is 0 Å². The predicted molar refractivity (Wildman–Crippen MR) is 64.5 cm³/mol. The molecule has 0 amide bonds. The van der Waals surface area contributed by atoms with Gasteiger partial charge in [-0.25, -0.2) is 0 Å². The van der Waals surface area contributed by atoms with E-state index in [2.05, 4.69) is 22.9 Å². The van der Waals surface area contributed by atoms with Crippen LogP contribution in [0.4, 0.5) is 0 Å². The number of nitrogens with two attached hydrogens (primary N) is 1. The summed E-state index contributed by atoms with van der Waals surface area (Å²) in [5.74, 6) is 2.38. The summed E-state index contributed by atoms with van der Waals surface area (Å²) in [7, 11) is 0. The second kappa shape index (κ2) is 4.71. The van der Waals surface area contributed by atoms with Crippen molar-refractivity contribution in [2.75, 3.05) is 0 Å². The molecule has 2 nitrogen and oxygen atoms in total. The summed E-state index contributed by atoms with van der Waals surface area (Å²) in [5, 5.41) is 0. The molecule has 0 bridgehead atoms. The molecule has 15 heavy (non-hydrogen) atoms. The Morgan fingerprint density at radius 2 is 2.40 bits per heavy atom. The Balaban J connectivity index is 2.03. The molecular formula is C12H18BrNO. The van der Waals surface area contributed by atoms with Gasteiger partial charge in [0.05, 0.1) is 16.8 Å². The highest BCUT2D eigenvalue weighted by atomic mass is 79.9.